The first-order chi connectivity index (χ1) is 26.2. The van der Waals surface area contributed by atoms with E-state index in [0.717, 1.165) is 38.5 Å². The van der Waals surface area contributed by atoms with Crippen molar-refractivity contribution in [3.63, 3.8) is 0 Å². The van der Waals surface area contributed by atoms with Gasteiger partial charge in [0.25, 0.3) is 0 Å². The summed E-state index contributed by atoms with van der Waals surface area (Å²) in [7, 11) is 0. The molecule has 0 amide bonds. The molecule has 5 aromatic heterocycles. The second-order valence-electron chi connectivity index (χ2n) is 13.4. The van der Waals surface area contributed by atoms with Gasteiger partial charge in [0.2, 0.25) is 5.71 Å². The maximum absolute atomic E-state index is 8.20. The molecule has 0 radical (unpaired) electrons. The summed E-state index contributed by atoms with van der Waals surface area (Å²) in [4.78, 5) is 14.6. The van der Waals surface area contributed by atoms with Gasteiger partial charge in [0.05, 0.1) is 28.4 Å². The van der Waals surface area contributed by atoms with Gasteiger partial charge in [-0.2, -0.15) is 0 Å². The minimum Gasteiger partial charge on any atom is -0.437 e. The van der Waals surface area contributed by atoms with Crippen LogP contribution in [0.3, 0.4) is 0 Å². The molecule has 0 saturated carbocycles. The molecule has 9 rings (SSSR count). The fourth-order valence-corrected chi connectivity index (χ4v) is 6.84. The summed E-state index contributed by atoms with van der Waals surface area (Å²) in [6.07, 6.45) is 3.32. The van der Waals surface area contributed by atoms with Crippen molar-refractivity contribution in [2.75, 3.05) is 0 Å². The molecule has 0 saturated heterocycles. The van der Waals surface area contributed by atoms with Crippen molar-refractivity contribution in [2.24, 2.45) is 0 Å². The summed E-state index contributed by atoms with van der Waals surface area (Å²) in [5.74, 6) is 1.35. The Morgan fingerprint density at radius 1 is 0.673 bits per heavy atom. The predicted molar refractivity (Wildman–Crippen MR) is 199 cm³/mol. The zero-order valence-electron chi connectivity index (χ0n) is 33.2. The smallest absolute Gasteiger partial charge is 0.225 e. The van der Waals surface area contributed by atoms with Crippen molar-refractivity contribution in [1.82, 2.24) is 23.9 Å². The molecule has 0 aliphatic rings. The number of para-hydroxylation sites is 1. The monoisotopic (exact) mass is 643 g/mol. The van der Waals surface area contributed by atoms with Crippen LogP contribution in [-0.2, 0) is 5.41 Å². The van der Waals surface area contributed by atoms with Crippen molar-refractivity contribution in [3.05, 3.63) is 138 Å². The lowest BCUT2D eigenvalue weighted by Gasteiger charge is -2.18. The number of benzene rings is 4. The fourth-order valence-electron chi connectivity index (χ4n) is 6.84. The average Bonchev–Trinajstić information content (AvgIpc) is 3.83. The van der Waals surface area contributed by atoms with Crippen LogP contribution in [0.25, 0.3) is 78.3 Å². The van der Waals surface area contributed by atoms with Gasteiger partial charge in [-0.3, -0.25) is 14.0 Å². The van der Waals surface area contributed by atoms with Crippen LogP contribution in [0.1, 0.15) is 45.7 Å². The molecule has 6 heteroatoms. The Morgan fingerprint density at radius 2 is 1.49 bits per heavy atom. The molecule has 0 spiro atoms. The molecule has 49 heavy (non-hydrogen) atoms. The van der Waals surface area contributed by atoms with E-state index in [2.05, 4.69) is 60.7 Å². The number of aryl methyl sites for hydroxylation is 2. The number of hydrogen-bond donors (Lipinski definition) is 0. The molecule has 0 unspecified atom stereocenters. The first kappa shape index (κ1) is 23.3. The van der Waals surface area contributed by atoms with Crippen LogP contribution < -0.4 is 0 Å². The predicted octanol–water partition coefficient (Wildman–Crippen LogP) is 10.9. The van der Waals surface area contributed by atoms with E-state index >= 15 is 0 Å². The maximum Gasteiger partial charge on any atom is 0.225 e. The summed E-state index contributed by atoms with van der Waals surface area (Å²) in [5, 5.41) is 2.06. The molecular weight excluding hydrogens is 603 g/mol. The maximum atomic E-state index is 8.20. The van der Waals surface area contributed by atoms with Gasteiger partial charge < -0.3 is 4.42 Å². The number of nitrogens with zero attached hydrogens (tertiary/aromatic N) is 5. The van der Waals surface area contributed by atoms with Crippen molar-refractivity contribution in [2.45, 2.75) is 39.9 Å². The molecule has 6 nitrogen and oxygen atoms in total. The van der Waals surface area contributed by atoms with Crippen molar-refractivity contribution in [3.8, 4) is 39.7 Å². The third-order valence-corrected chi connectivity index (χ3v) is 9.29. The molecule has 4 aromatic carbocycles. The Balaban J connectivity index is 1.20. The highest BCUT2D eigenvalue weighted by Gasteiger charge is 2.20. The number of oxazole rings is 1. The Bertz CT molecular complexity index is 2930. The van der Waals surface area contributed by atoms with Crippen molar-refractivity contribution in [1.29, 1.82) is 0 Å². The molecule has 238 valence electrons. The third kappa shape index (κ3) is 4.66. The number of fused-ring (bicyclic) bond motifs is 6. The molecule has 0 fully saturated rings. The van der Waals surface area contributed by atoms with E-state index in [9.17, 15) is 0 Å². The molecule has 0 N–H and O–H groups in total. The standard InChI is InChI=1S/C43H35N5O/c1-26-10-8-11-27(2)41(26)29-20-21-44-34(22-29)28-16-18-32-31-12-6-7-14-35(31)47(37(32)23-28)39-15-9-13-33(46-39)42-45-25-40-48(42)36-19-17-30(43(3,4)5)24-38(36)49-40/h6-25H,1-5H3/i1D3,2D3. The minimum absolute atomic E-state index is 0.0207. The van der Waals surface area contributed by atoms with Crippen molar-refractivity contribution >= 4 is 38.6 Å². The van der Waals surface area contributed by atoms with Crippen LogP contribution in [-0.4, -0.2) is 23.9 Å². The molecule has 0 bridgehead atoms. The Hall–Kier alpha value is -6.01. The third-order valence-electron chi connectivity index (χ3n) is 9.29. The highest BCUT2D eigenvalue weighted by Crippen LogP contribution is 2.37. The van der Waals surface area contributed by atoms with Gasteiger partial charge in [0.1, 0.15) is 11.5 Å². The van der Waals surface area contributed by atoms with Crippen molar-refractivity contribution < 1.29 is 12.6 Å². The number of hydrogen-bond acceptors (Lipinski definition) is 4. The lowest BCUT2D eigenvalue weighted by atomic mass is 9.87. The van der Waals surface area contributed by atoms with E-state index in [4.69, 9.17) is 22.6 Å². The Labute approximate surface area is 292 Å². The van der Waals surface area contributed by atoms with E-state index < -0.39 is 13.7 Å². The van der Waals surface area contributed by atoms with Gasteiger partial charge in [-0.1, -0.05) is 81.4 Å². The highest BCUT2D eigenvalue weighted by molar-refractivity contribution is 6.10. The highest BCUT2D eigenvalue weighted by atomic mass is 16.3. The van der Waals surface area contributed by atoms with Crippen LogP contribution in [0.15, 0.2) is 126 Å². The quantitative estimate of drug-likeness (QED) is 0.191. The molecule has 0 aliphatic carbocycles. The Morgan fingerprint density at radius 3 is 2.33 bits per heavy atom. The van der Waals surface area contributed by atoms with Gasteiger partial charge >= 0.3 is 0 Å². The zero-order chi connectivity index (χ0) is 38.4. The summed E-state index contributed by atoms with van der Waals surface area (Å²) >= 11 is 0. The molecule has 0 atom stereocenters. The minimum atomic E-state index is -2.52. The molecular formula is C43H35N5O. The Kier molecular flexibility index (Phi) is 5.12. The van der Waals surface area contributed by atoms with E-state index in [-0.39, 0.29) is 22.1 Å². The van der Waals surface area contributed by atoms with Crippen LogP contribution in [0.2, 0.25) is 0 Å². The summed E-state index contributed by atoms with van der Waals surface area (Å²) < 4.78 is 59.6. The summed E-state index contributed by atoms with van der Waals surface area (Å²) in [6.45, 7) is 1.49. The zero-order valence-corrected chi connectivity index (χ0v) is 27.2. The van der Waals surface area contributed by atoms with Crippen LogP contribution >= 0.6 is 0 Å². The van der Waals surface area contributed by atoms with Gasteiger partial charge in [0.15, 0.2) is 11.4 Å². The van der Waals surface area contributed by atoms with Gasteiger partial charge in [-0.15, -0.1) is 0 Å². The van der Waals surface area contributed by atoms with E-state index in [1.165, 1.54) is 23.8 Å². The van der Waals surface area contributed by atoms with Gasteiger partial charge in [0, 0.05) is 30.8 Å². The molecule has 5 heterocycles. The number of rotatable bonds is 4. The van der Waals surface area contributed by atoms with Crippen LogP contribution in [0.4, 0.5) is 0 Å². The topological polar surface area (TPSA) is 61.2 Å². The van der Waals surface area contributed by atoms with E-state index in [0.29, 0.717) is 34.3 Å². The van der Waals surface area contributed by atoms with E-state index in [1.54, 1.807) is 24.5 Å². The first-order valence-electron chi connectivity index (χ1n) is 19.2. The average molecular weight is 644 g/mol. The summed E-state index contributed by atoms with van der Waals surface area (Å²) in [6, 6.07) is 34.2. The second-order valence-corrected chi connectivity index (χ2v) is 13.4. The normalized spacial score (nSPS) is 14.5. The fraction of sp³-hybridized carbons (Fsp3) is 0.140. The van der Waals surface area contributed by atoms with Gasteiger partial charge in [-0.25, -0.2) is 9.97 Å². The van der Waals surface area contributed by atoms with Crippen LogP contribution in [0, 0.1) is 13.7 Å². The van der Waals surface area contributed by atoms with E-state index in [1.807, 2.05) is 52.9 Å². The lowest BCUT2D eigenvalue weighted by Crippen LogP contribution is -2.10. The SMILES string of the molecule is [2H]C([2H])([2H])c1cccc(C([2H])([2H])[2H])c1-c1ccnc(-c2ccc3c4ccccc4n(-c4cccc(-c5ncc6oc7cc(C(C)(C)C)ccc7n56)n4)c3c2)c1. The second kappa shape index (κ2) is 10.8. The van der Waals surface area contributed by atoms with Gasteiger partial charge in [-0.05, 0) is 95.5 Å². The molecule has 0 aliphatic heterocycles. The first-order valence-corrected chi connectivity index (χ1v) is 16.2. The number of pyridine rings is 2. The number of aromatic nitrogens is 5. The van der Waals surface area contributed by atoms with Crippen LogP contribution in [0.5, 0.6) is 0 Å². The largest absolute Gasteiger partial charge is 0.437 e. The lowest BCUT2D eigenvalue weighted by molar-refractivity contribution is 0.587. The number of imidazole rings is 1. The molecule has 9 aromatic rings. The summed E-state index contributed by atoms with van der Waals surface area (Å²) in [5.41, 5.74) is 7.94.